The molecule has 0 fully saturated rings. The van der Waals surface area contributed by atoms with Gasteiger partial charge in [0.15, 0.2) is 0 Å². The first-order chi connectivity index (χ1) is 12.1. The van der Waals surface area contributed by atoms with Crippen LogP contribution in [0.1, 0.15) is 51.3 Å². The Bertz CT molecular complexity index is 765. The molecule has 3 aromatic rings. The van der Waals surface area contributed by atoms with Gasteiger partial charge in [-0.05, 0) is 42.4 Å². The maximum Gasteiger partial charge on any atom is 0.233 e. The summed E-state index contributed by atoms with van der Waals surface area (Å²) in [5.41, 5.74) is 4.99. The van der Waals surface area contributed by atoms with Crippen LogP contribution in [0.3, 0.4) is 0 Å². The summed E-state index contributed by atoms with van der Waals surface area (Å²) >= 11 is 0. The van der Waals surface area contributed by atoms with E-state index in [9.17, 15) is 0 Å². The minimum atomic E-state index is 0.755. The Kier molecular flexibility index (Phi) is 8.97. The van der Waals surface area contributed by atoms with Crippen LogP contribution in [0.5, 0.6) is 0 Å². The molecule has 0 saturated carbocycles. The number of imidazole rings is 1. The van der Waals surface area contributed by atoms with E-state index in [1.54, 1.807) is 6.20 Å². The van der Waals surface area contributed by atoms with Crippen LogP contribution in [-0.4, -0.2) is 22.2 Å². The molecule has 4 rings (SSSR count). The van der Waals surface area contributed by atoms with Crippen LogP contribution in [-0.2, 0) is 12.8 Å². The van der Waals surface area contributed by atoms with Crippen molar-refractivity contribution < 1.29 is 0 Å². The van der Waals surface area contributed by atoms with E-state index >= 15 is 0 Å². The highest BCUT2D eigenvalue weighted by atomic mass is 15.1. The number of rotatable bonds is 0. The molecule has 0 amide bonds. The average molecular weight is 335 g/mol. The summed E-state index contributed by atoms with van der Waals surface area (Å²) in [4.78, 5) is 8.10. The predicted molar refractivity (Wildman–Crippen MR) is 109 cm³/mol. The molecule has 2 radical (unpaired) electrons. The zero-order valence-corrected chi connectivity index (χ0v) is 16.5. The first-order valence-electron chi connectivity index (χ1n) is 9.24. The highest BCUT2D eigenvalue weighted by molar-refractivity contribution is 6.32. The summed E-state index contributed by atoms with van der Waals surface area (Å²) in [5.74, 6) is 1.57. The maximum atomic E-state index is 5.68. The predicted octanol–water partition coefficient (Wildman–Crippen LogP) is 4.31. The van der Waals surface area contributed by atoms with Gasteiger partial charge in [0.1, 0.15) is 7.85 Å². The number of fused-ring (bicyclic) bond motifs is 2. The third-order valence-corrected chi connectivity index (χ3v) is 3.74. The molecule has 132 valence electrons. The van der Waals surface area contributed by atoms with E-state index in [-0.39, 0.29) is 0 Å². The smallest absolute Gasteiger partial charge is 0.233 e. The van der Waals surface area contributed by atoms with Crippen molar-refractivity contribution in [2.24, 2.45) is 5.92 Å². The molecule has 0 spiro atoms. The fourth-order valence-electron chi connectivity index (χ4n) is 2.78. The molecule has 1 atom stereocenters. The van der Waals surface area contributed by atoms with Gasteiger partial charge in [-0.3, -0.25) is 4.40 Å². The van der Waals surface area contributed by atoms with Crippen LogP contribution in [0.25, 0.3) is 5.78 Å². The van der Waals surface area contributed by atoms with Crippen LogP contribution < -0.4 is 5.46 Å². The van der Waals surface area contributed by atoms with Gasteiger partial charge >= 0.3 is 0 Å². The van der Waals surface area contributed by atoms with Crippen molar-refractivity contribution in [3.63, 3.8) is 0 Å². The Morgan fingerprint density at radius 2 is 1.72 bits per heavy atom. The van der Waals surface area contributed by atoms with Crippen molar-refractivity contribution in [2.75, 3.05) is 0 Å². The molecule has 1 aromatic carbocycles. The molecular formula is C21H30BN3. The molecule has 25 heavy (non-hydrogen) atoms. The second kappa shape index (κ2) is 10.7. The second-order valence-electron chi connectivity index (χ2n) is 5.81. The molecule has 0 bridgehead atoms. The fraction of sp³-hybridized carbons (Fsp3) is 0.429. The summed E-state index contributed by atoms with van der Waals surface area (Å²) in [6.45, 7) is 12.3. The standard InChI is InChI=1S/C10H11B.C7H7N3.2C2H6/c1-7-4-8-2-3-10(11)6-9(8)5-7;1-6-4-9-7-8-2-3-10(7)5-6;2*1-2/h2-3,6-7H,4-5H2,1H3;2-5H,1H3;2*1-2H3. The molecule has 2 heterocycles. The van der Waals surface area contributed by atoms with E-state index in [1.807, 2.05) is 63.7 Å². The van der Waals surface area contributed by atoms with E-state index in [0.29, 0.717) is 0 Å². The third kappa shape index (κ3) is 6.04. The Morgan fingerprint density at radius 3 is 2.44 bits per heavy atom. The van der Waals surface area contributed by atoms with E-state index in [4.69, 9.17) is 7.85 Å². The van der Waals surface area contributed by atoms with E-state index < -0.39 is 0 Å². The van der Waals surface area contributed by atoms with Gasteiger partial charge < -0.3 is 0 Å². The summed E-state index contributed by atoms with van der Waals surface area (Å²) in [5, 5.41) is 0. The van der Waals surface area contributed by atoms with Gasteiger partial charge in [-0.15, -0.1) is 0 Å². The largest absolute Gasteiger partial charge is 0.291 e. The number of benzene rings is 1. The Labute approximate surface area is 153 Å². The van der Waals surface area contributed by atoms with Gasteiger partial charge in [0, 0.05) is 24.8 Å². The fourth-order valence-corrected chi connectivity index (χ4v) is 2.78. The van der Waals surface area contributed by atoms with Crippen LogP contribution in [0, 0.1) is 12.8 Å². The average Bonchev–Trinajstić information content (AvgIpc) is 3.23. The van der Waals surface area contributed by atoms with Crippen LogP contribution in [0.15, 0.2) is 43.0 Å². The topological polar surface area (TPSA) is 30.2 Å². The molecule has 3 nitrogen and oxygen atoms in total. The minimum absolute atomic E-state index is 0.755. The van der Waals surface area contributed by atoms with Crippen molar-refractivity contribution in [3.8, 4) is 0 Å². The quantitative estimate of drug-likeness (QED) is 0.573. The number of hydrogen-bond donors (Lipinski definition) is 0. The number of aromatic nitrogens is 3. The van der Waals surface area contributed by atoms with E-state index in [0.717, 1.165) is 22.7 Å². The third-order valence-electron chi connectivity index (χ3n) is 3.74. The molecule has 2 aromatic heterocycles. The monoisotopic (exact) mass is 335 g/mol. The lowest BCUT2D eigenvalue weighted by Gasteiger charge is -1.98. The minimum Gasteiger partial charge on any atom is -0.291 e. The van der Waals surface area contributed by atoms with Crippen molar-refractivity contribution in [2.45, 2.75) is 54.4 Å². The zero-order valence-electron chi connectivity index (χ0n) is 16.5. The van der Waals surface area contributed by atoms with Gasteiger partial charge in [-0.1, -0.05) is 58.3 Å². The van der Waals surface area contributed by atoms with Crippen molar-refractivity contribution in [1.29, 1.82) is 0 Å². The Balaban J connectivity index is 0.000000210. The SMILES string of the molecule is CC.CC.Cc1cnc2nccn2c1.[B]c1ccc2c(c1)CC(C)C2. The normalized spacial score (nSPS) is 14.2. The second-order valence-corrected chi connectivity index (χ2v) is 5.81. The molecule has 1 aliphatic rings. The molecule has 0 aliphatic heterocycles. The van der Waals surface area contributed by atoms with E-state index in [1.165, 1.54) is 24.0 Å². The molecule has 0 N–H and O–H groups in total. The molecule has 1 aliphatic carbocycles. The lowest BCUT2D eigenvalue weighted by Crippen LogP contribution is -2.02. The molecule has 4 heteroatoms. The summed E-state index contributed by atoms with van der Waals surface area (Å²) in [7, 11) is 5.68. The lowest BCUT2D eigenvalue weighted by atomic mass is 9.93. The van der Waals surface area contributed by atoms with Gasteiger partial charge in [0.05, 0.1) is 0 Å². The van der Waals surface area contributed by atoms with Crippen LogP contribution >= 0.6 is 0 Å². The van der Waals surface area contributed by atoms with Gasteiger partial charge in [0.2, 0.25) is 5.78 Å². The highest BCUT2D eigenvalue weighted by Gasteiger charge is 2.16. The van der Waals surface area contributed by atoms with Crippen LogP contribution in [0.4, 0.5) is 0 Å². The first-order valence-corrected chi connectivity index (χ1v) is 9.24. The maximum absolute atomic E-state index is 5.68. The highest BCUT2D eigenvalue weighted by Crippen LogP contribution is 2.24. The molecular weight excluding hydrogens is 305 g/mol. The van der Waals surface area contributed by atoms with Gasteiger partial charge in [0.25, 0.3) is 0 Å². The summed E-state index contributed by atoms with van der Waals surface area (Å²) in [6.07, 6.45) is 9.87. The molecule has 1 unspecified atom stereocenters. The first kappa shape index (κ1) is 20.9. The van der Waals surface area contributed by atoms with Gasteiger partial charge in [-0.2, -0.15) is 0 Å². The van der Waals surface area contributed by atoms with Crippen LogP contribution in [0.2, 0.25) is 0 Å². The summed E-state index contributed by atoms with van der Waals surface area (Å²) < 4.78 is 1.90. The number of nitrogens with zero attached hydrogens (tertiary/aromatic N) is 3. The van der Waals surface area contributed by atoms with Gasteiger partial charge in [-0.25, -0.2) is 9.97 Å². The number of hydrogen-bond acceptors (Lipinski definition) is 2. The van der Waals surface area contributed by atoms with Crippen molar-refractivity contribution >= 4 is 19.1 Å². The zero-order chi connectivity index (χ0) is 18.8. The lowest BCUT2D eigenvalue weighted by molar-refractivity contribution is 0.628. The van der Waals surface area contributed by atoms with E-state index in [2.05, 4.69) is 29.0 Å². The summed E-state index contributed by atoms with van der Waals surface area (Å²) in [6, 6.07) is 6.27. The van der Waals surface area contributed by atoms with Crippen molar-refractivity contribution in [3.05, 3.63) is 59.7 Å². The Morgan fingerprint density at radius 1 is 1.04 bits per heavy atom. The Hall–Kier alpha value is -2.10. The molecule has 0 saturated heterocycles. The number of aryl methyl sites for hydroxylation is 1. The van der Waals surface area contributed by atoms with Crippen molar-refractivity contribution in [1.82, 2.24) is 14.4 Å².